The van der Waals surface area contributed by atoms with E-state index in [9.17, 15) is 4.79 Å². The van der Waals surface area contributed by atoms with Crippen molar-refractivity contribution in [1.82, 2.24) is 20.5 Å². The minimum absolute atomic E-state index is 0.0926. The minimum Gasteiger partial charge on any atom is -0.355 e. The van der Waals surface area contributed by atoms with Crippen molar-refractivity contribution in [3.8, 4) is 10.6 Å². The topological polar surface area (TPSA) is 73.9 Å². The molecule has 1 amide bonds. The van der Waals surface area contributed by atoms with Gasteiger partial charge in [0.1, 0.15) is 0 Å². The summed E-state index contributed by atoms with van der Waals surface area (Å²) in [6.07, 6.45) is 5.36. The van der Waals surface area contributed by atoms with E-state index < -0.39 is 0 Å². The number of carbonyl (C=O) groups is 1. The minimum atomic E-state index is 0.0926. The molecule has 0 spiro atoms. The van der Waals surface area contributed by atoms with Crippen molar-refractivity contribution < 1.29 is 4.79 Å². The summed E-state index contributed by atoms with van der Waals surface area (Å²) < 4.78 is 0. The van der Waals surface area contributed by atoms with Crippen LogP contribution in [0.1, 0.15) is 12.8 Å². The third-order valence-corrected chi connectivity index (χ3v) is 6.47. The van der Waals surface area contributed by atoms with Crippen LogP contribution in [0.3, 0.4) is 0 Å². The number of aromatic amines is 1. The molecule has 0 bridgehead atoms. The standard InChI is InChI=1S/C19H21N5OS2/c25-19(13-27-15-3-7-20-8-4-15)21-14-5-9-24(10-6-14)18-12-16(22-23-18)17-2-1-11-26-17/h1-4,7-8,11-12,14H,5-6,9-10,13H2,(H,21,25)(H,22,23). The van der Waals surface area contributed by atoms with Crippen LogP contribution in [0.15, 0.2) is 53.0 Å². The second kappa shape index (κ2) is 8.58. The first kappa shape index (κ1) is 18.1. The monoisotopic (exact) mass is 399 g/mol. The summed E-state index contributed by atoms with van der Waals surface area (Å²) in [5.41, 5.74) is 1.06. The Morgan fingerprint density at radius 1 is 1.30 bits per heavy atom. The summed E-state index contributed by atoms with van der Waals surface area (Å²) in [7, 11) is 0. The van der Waals surface area contributed by atoms with E-state index in [1.54, 1.807) is 35.5 Å². The van der Waals surface area contributed by atoms with Gasteiger partial charge in [0.2, 0.25) is 5.91 Å². The molecule has 0 aromatic carbocycles. The summed E-state index contributed by atoms with van der Waals surface area (Å²) in [5, 5.41) is 12.8. The van der Waals surface area contributed by atoms with E-state index in [1.165, 1.54) is 4.88 Å². The number of rotatable bonds is 6. The highest BCUT2D eigenvalue weighted by molar-refractivity contribution is 8.00. The van der Waals surface area contributed by atoms with Crippen molar-refractivity contribution in [3.05, 3.63) is 48.1 Å². The van der Waals surface area contributed by atoms with E-state index >= 15 is 0 Å². The fourth-order valence-corrected chi connectivity index (χ4v) is 4.52. The van der Waals surface area contributed by atoms with Gasteiger partial charge in [0.25, 0.3) is 0 Å². The predicted molar refractivity (Wildman–Crippen MR) is 110 cm³/mol. The van der Waals surface area contributed by atoms with Gasteiger partial charge in [0.15, 0.2) is 5.82 Å². The number of nitrogens with zero attached hydrogens (tertiary/aromatic N) is 3. The molecule has 0 atom stereocenters. The lowest BCUT2D eigenvalue weighted by atomic mass is 10.1. The summed E-state index contributed by atoms with van der Waals surface area (Å²) in [6, 6.07) is 10.3. The molecule has 8 heteroatoms. The van der Waals surface area contributed by atoms with Crippen molar-refractivity contribution in [2.75, 3.05) is 23.7 Å². The number of hydrogen-bond donors (Lipinski definition) is 2. The predicted octanol–water partition coefficient (Wildman–Crippen LogP) is 3.41. The van der Waals surface area contributed by atoms with Crippen molar-refractivity contribution in [2.24, 2.45) is 0 Å². The van der Waals surface area contributed by atoms with Gasteiger partial charge in [-0.05, 0) is 36.4 Å². The van der Waals surface area contributed by atoms with E-state index in [2.05, 4.69) is 42.9 Å². The van der Waals surface area contributed by atoms with Gasteiger partial charge in [0.05, 0.1) is 16.3 Å². The summed E-state index contributed by atoms with van der Waals surface area (Å²) in [5.74, 6) is 1.51. The third-order valence-electron chi connectivity index (χ3n) is 4.55. The Morgan fingerprint density at radius 3 is 2.85 bits per heavy atom. The first-order valence-electron chi connectivity index (χ1n) is 8.94. The van der Waals surface area contributed by atoms with Crippen LogP contribution in [-0.4, -0.2) is 46.0 Å². The molecule has 6 nitrogen and oxygen atoms in total. The molecule has 0 unspecified atom stereocenters. The van der Waals surface area contributed by atoms with Crippen LogP contribution in [-0.2, 0) is 4.79 Å². The Hall–Kier alpha value is -2.32. The van der Waals surface area contributed by atoms with Gasteiger partial charge in [-0.1, -0.05) is 6.07 Å². The number of H-pyrrole nitrogens is 1. The Labute approximate surface area is 166 Å². The first-order chi connectivity index (χ1) is 13.3. The number of hydrogen-bond acceptors (Lipinski definition) is 6. The quantitative estimate of drug-likeness (QED) is 0.622. The second-order valence-electron chi connectivity index (χ2n) is 6.42. The Balaban J connectivity index is 1.23. The zero-order chi connectivity index (χ0) is 18.5. The molecule has 4 rings (SSSR count). The SMILES string of the molecule is O=C(CSc1ccncc1)NC1CCN(c2cc(-c3cccs3)[nH]n2)CC1. The number of aromatic nitrogens is 3. The molecule has 140 valence electrons. The first-order valence-corrected chi connectivity index (χ1v) is 10.8. The largest absolute Gasteiger partial charge is 0.355 e. The molecule has 3 aromatic rings. The molecule has 3 aromatic heterocycles. The lowest BCUT2D eigenvalue weighted by Crippen LogP contribution is -2.45. The maximum Gasteiger partial charge on any atom is 0.230 e. The van der Waals surface area contributed by atoms with Crippen molar-refractivity contribution in [3.63, 3.8) is 0 Å². The average molecular weight is 400 g/mol. The van der Waals surface area contributed by atoms with Crippen molar-refractivity contribution >= 4 is 34.8 Å². The maximum absolute atomic E-state index is 12.2. The van der Waals surface area contributed by atoms with E-state index in [1.807, 2.05) is 18.2 Å². The van der Waals surface area contributed by atoms with E-state index in [0.29, 0.717) is 5.75 Å². The van der Waals surface area contributed by atoms with Gasteiger partial charge >= 0.3 is 0 Å². The molecule has 1 saturated heterocycles. The van der Waals surface area contributed by atoms with Gasteiger partial charge in [-0.25, -0.2) is 0 Å². The Kier molecular flexibility index (Phi) is 5.74. The maximum atomic E-state index is 12.2. The number of anilines is 1. The molecular formula is C19H21N5OS2. The van der Waals surface area contributed by atoms with Crippen LogP contribution in [0.4, 0.5) is 5.82 Å². The number of piperidine rings is 1. The molecule has 27 heavy (non-hydrogen) atoms. The van der Waals surface area contributed by atoms with E-state index in [-0.39, 0.29) is 11.9 Å². The molecule has 0 aliphatic carbocycles. The van der Waals surface area contributed by atoms with Crippen molar-refractivity contribution in [2.45, 2.75) is 23.8 Å². The van der Waals surface area contributed by atoms with Gasteiger partial charge in [-0.2, -0.15) is 5.10 Å². The molecular weight excluding hydrogens is 378 g/mol. The van der Waals surface area contributed by atoms with Crippen LogP contribution in [0.5, 0.6) is 0 Å². The number of pyridine rings is 1. The fraction of sp³-hybridized carbons (Fsp3) is 0.316. The van der Waals surface area contributed by atoms with Crippen LogP contribution in [0, 0.1) is 0 Å². The normalized spacial score (nSPS) is 15.0. The lowest BCUT2D eigenvalue weighted by molar-refractivity contribution is -0.119. The van der Waals surface area contributed by atoms with Gasteiger partial charge in [-0.15, -0.1) is 23.1 Å². The summed E-state index contributed by atoms with van der Waals surface area (Å²) >= 11 is 3.24. The molecule has 1 aliphatic heterocycles. The van der Waals surface area contributed by atoms with Crippen LogP contribution in [0.25, 0.3) is 10.6 Å². The Bertz CT molecular complexity index is 857. The lowest BCUT2D eigenvalue weighted by Gasteiger charge is -2.32. The van der Waals surface area contributed by atoms with E-state index in [0.717, 1.165) is 42.3 Å². The number of thiophene rings is 1. The molecule has 2 N–H and O–H groups in total. The number of carbonyl (C=O) groups excluding carboxylic acids is 1. The third kappa shape index (κ3) is 4.70. The second-order valence-corrected chi connectivity index (χ2v) is 8.41. The van der Waals surface area contributed by atoms with Crippen LogP contribution in [0.2, 0.25) is 0 Å². The van der Waals surface area contributed by atoms with Gasteiger partial charge < -0.3 is 10.2 Å². The molecule has 1 aliphatic rings. The number of thioether (sulfide) groups is 1. The zero-order valence-electron chi connectivity index (χ0n) is 14.8. The van der Waals surface area contributed by atoms with E-state index in [4.69, 9.17) is 0 Å². The van der Waals surface area contributed by atoms with Gasteiger partial charge in [-0.3, -0.25) is 14.9 Å². The Morgan fingerprint density at radius 2 is 2.11 bits per heavy atom. The number of nitrogens with one attached hydrogen (secondary N) is 2. The molecule has 0 radical (unpaired) electrons. The highest BCUT2D eigenvalue weighted by Crippen LogP contribution is 2.27. The summed E-state index contributed by atoms with van der Waals surface area (Å²) in [6.45, 7) is 1.80. The van der Waals surface area contributed by atoms with Gasteiger partial charge in [0, 0.05) is 42.5 Å². The zero-order valence-corrected chi connectivity index (χ0v) is 16.4. The van der Waals surface area contributed by atoms with Crippen LogP contribution >= 0.6 is 23.1 Å². The molecule has 4 heterocycles. The van der Waals surface area contributed by atoms with Crippen molar-refractivity contribution in [1.29, 1.82) is 0 Å². The average Bonchev–Trinajstić information content (AvgIpc) is 3.39. The molecule has 1 fully saturated rings. The summed E-state index contributed by atoms with van der Waals surface area (Å²) in [4.78, 5) is 20.7. The highest BCUT2D eigenvalue weighted by atomic mass is 32.2. The molecule has 0 saturated carbocycles. The number of amides is 1. The van der Waals surface area contributed by atoms with Crippen LogP contribution < -0.4 is 10.2 Å². The highest BCUT2D eigenvalue weighted by Gasteiger charge is 2.22. The smallest absolute Gasteiger partial charge is 0.230 e. The fourth-order valence-electron chi connectivity index (χ4n) is 3.14.